The van der Waals surface area contributed by atoms with Crippen molar-refractivity contribution in [1.29, 1.82) is 0 Å². The monoisotopic (exact) mass is 365 g/mol. The van der Waals surface area contributed by atoms with Crippen LogP contribution in [0.1, 0.15) is 36.9 Å². The third kappa shape index (κ3) is 5.58. The summed E-state index contributed by atoms with van der Waals surface area (Å²) in [4.78, 5) is 25.9. The minimum Gasteiger partial charge on any atom is -0.353 e. The summed E-state index contributed by atoms with van der Waals surface area (Å²) in [6, 6.07) is 20.3. The van der Waals surface area contributed by atoms with Crippen LogP contribution < -0.4 is 10.6 Å². The normalized spacial score (nSPS) is 15.8. The van der Waals surface area contributed by atoms with Gasteiger partial charge in [-0.15, -0.1) is 0 Å². The minimum atomic E-state index is -0.0748. The second-order valence-corrected chi connectivity index (χ2v) is 7.06. The van der Waals surface area contributed by atoms with Crippen molar-refractivity contribution >= 4 is 11.9 Å². The number of urea groups is 1. The summed E-state index contributed by atoms with van der Waals surface area (Å²) >= 11 is 0. The first-order valence-corrected chi connectivity index (χ1v) is 9.53. The second kappa shape index (κ2) is 9.21. The quantitative estimate of drug-likeness (QED) is 0.854. The van der Waals surface area contributed by atoms with Gasteiger partial charge in [-0.3, -0.25) is 4.79 Å². The standard InChI is InChI=1S/C22H27N3O2/c1-17(26)23-20-12-14-25(15-13-20)22(27)24-21(19-10-6-3-7-11-19)16-18-8-4-2-5-9-18/h2-11,20-21H,12-16H2,1H3,(H,23,26)(H,24,27)/t21-/m1/s1. The molecule has 27 heavy (non-hydrogen) atoms. The van der Waals surface area contributed by atoms with E-state index in [0.717, 1.165) is 24.8 Å². The molecule has 2 aromatic carbocycles. The maximum absolute atomic E-state index is 12.8. The zero-order valence-corrected chi connectivity index (χ0v) is 15.7. The number of amides is 3. The predicted octanol–water partition coefficient (Wildman–Crippen LogP) is 3.28. The van der Waals surface area contributed by atoms with Crippen LogP contribution in [0.5, 0.6) is 0 Å². The number of rotatable bonds is 5. The van der Waals surface area contributed by atoms with E-state index in [9.17, 15) is 9.59 Å². The molecule has 142 valence electrons. The van der Waals surface area contributed by atoms with Crippen molar-refractivity contribution in [2.45, 2.75) is 38.3 Å². The van der Waals surface area contributed by atoms with E-state index in [4.69, 9.17) is 0 Å². The molecule has 1 atom stereocenters. The smallest absolute Gasteiger partial charge is 0.317 e. The Morgan fingerprint density at radius 3 is 2.19 bits per heavy atom. The van der Waals surface area contributed by atoms with Crippen molar-refractivity contribution in [3.8, 4) is 0 Å². The molecule has 0 aliphatic carbocycles. The number of piperidine rings is 1. The number of likely N-dealkylation sites (tertiary alicyclic amines) is 1. The number of hydrogen-bond donors (Lipinski definition) is 2. The first kappa shape index (κ1) is 19.0. The number of benzene rings is 2. The Morgan fingerprint density at radius 1 is 1.00 bits per heavy atom. The third-order valence-corrected chi connectivity index (χ3v) is 4.97. The van der Waals surface area contributed by atoms with Crippen LogP contribution >= 0.6 is 0 Å². The van der Waals surface area contributed by atoms with E-state index in [1.165, 1.54) is 12.5 Å². The van der Waals surface area contributed by atoms with Crippen LogP contribution in [-0.4, -0.2) is 36.0 Å². The van der Waals surface area contributed by atoms with Gasteiger partial charge in [-0.1, -0.05) is 60.7 Å². The van der Waals surface area contributed by atoms with E-state index in [1.807, 2.05) is 41.3 Å². The van der Waals surface area contributed by atoms with Gasteiger partial charge >= 0.3 is 6.03 Å². The molecule has 0 aromatic heterocycles. The first-order chi connectivity index (χ1) is 13.1. The van der Waals surface area contributed by atoms with Crippen molar-refractivity contribution in [2.75, 3.05) is 13.1 Å². The van der Waals surface area contributed by atoms with Gasteiger partial charge in [0.1, 0.15) is 0 Å². The highest BCUT2D eigenvalue weighted by Gasteiger charge is 2.25. The maximum atomic E-state index is 12.8. The molecule has 2 N–H and O–H groups in total. The van der Waals surface area contributed by atoms with Crippen LogP contribution in [0.4, 0.5) is 4.79 Å². The van der Waals surface area contributed by atoms with Gasteiger partial charge in [0, 0.05) is 26.1 Å². The molecule has 0 saturated carbocycles. The number of hydrogen-bond acceptors (Lipinski definition) is 2. The van der Waals surface area contributed by atoms with E-state index >= 15 is 0 Å². The zero-order chi connectivity index (χ0) is 19.1. The Hall–Kier alpha value is -2.82. The minimum absolute atomic E-state index is 0.00935. The third-order valence-electron chi connectivity index (χ3n) is 4.97. The summed E-state index contributed by atoms with van der Waals surface area (Å²) in [6.07, 6.45) is 2.34. The molecule has 3 amide bonds. The van der Waals surface area contributed by atoms with Crippen molar-refractivity contribution in [3.05, 3.63) is 71.8 Å². The van der Waals surface area contributed by atoms with Crippen molar-refractivity contribution in [2.24, 2.45) is 0 Å². The largest absolute Gasteiger partial charge is 0.353 e. The molecule has 1 fully saturated rings. The Kier molecular flexibility index (Phi) is 6.47. The number of carbonyl (C=O) groups is 2. The fourth-order valence-electron chi connectivity index (χ4n) is 3.54. The lowest BCUT2D eigenvalue weighted by Gasteiger charge is -2.33. The van der Waals surface area contributed by atoms with Crippen LogP contribution in [0.3, 0.4) is 0 Å². The lowest BCUT2D eigenvalue weighted by molar-refractivity contribution is -0.119. The van der Waals surface area contributed by atoms with Crippen LogP contribution in [0.25, 0.3) is 0 Å². The number of carbonyl (C=O) groups excluding carboxylic acids is 2. The maximum Gasteiger partial charge on any atom is 0.317 e. The summed E-state index contributed by atoms with van der Waals surface area (Å²) in [5.41, 5.74) is 2.29. The van der Waals surface area contributed by atoms with Gasteiger partial charge in [-0.25, -0.2) is 4.79 Å². The topological polar surface area (TPSA) is 61.4 Å². The van der Waals surface area contributed by atoms with E-state index in [-0.39, 0.29) is 24.0 Å². The lowest BCUT2D eigenvalue weighted by atomic mass is 9.99. The number of nitrogens with one attached hydrogen (secondary N) is 2. The molecule has 1 aliphatic heterocycles. The Morgan fingerprint density at radius 2 is 1.59 bits per heavy atom. The molecule has 1 aliphatic rings. The van der Waals surface area contributed by atoms with Gasteiger partial charge in [0.25, 0.3) is 0 Å². The highest BCUT2D eigenvalue weighted by Crippen LogP contribution is 2.20. The van der Waals surface area contributed by atoms with Crippen LogP contribution in [0, 0.1) is 0 Å². The van der Waals surface area contributed by atoms with Gasteiger partial charge in [0.05, 0.1) is 6.04 Å². The molecule has 0 spiro atoms. The molecule has 5 heteroatoms. The summed E-state index contributed by atoms with van der Waals surface area (Å²) < 4.78 is 0. The van der Waals surface area contributed by atoms with Crippen LogP contribution in [-0.2, 0) is 11.2 Å². The molecule has 2 aromatic rings. The lowest BCUT2D eigenvalue weighted by Crippen LogP contribution is -2.49. The van der Waals surface area contributed by atoms with Gasteiger partial charge in [-0.2, -0.15) is 0 Å². The first-order valence-electron chi connectivity index (χ1n) is 9.53. The average Bonchev–Trinajstić information content (AvgIpc) is 2.69. The fraction of sp³-hybridized carbons (Fsp3) is 0.364. The number of nitrogens with zero attached hydrogens (tertiary/aromatic N) is 1. The average molecular weight is 365 g/mol. The van der Waals surface area contributed by atoms with Crippen LogP contribution in [0.2, 0.25) is 0 Å². The summed E-state index contributed by atoms with van der Waals surface area (Å²) in [5.74, 6) is -0.00935. The van der Waals surface area contributed by atoms with E-state index < -0.39 is 0 Å². The van der Waals surface area contributed by atoms with Crippen molar-refractivity contribution in [1.82, 2.24) is 15.5 Å². The fourth-order valence-corrected chi connectivity index (χ4v) is 3.54. The SMILES string of the molecule is CC(=O)NC1CCN(C(=O)N[C@H](Cc2ccccc2)c2ccccc2)CC1. The summed E-state index contributed by atoms with van der Waals surface area (Å²) in [6.45, 7) is 2.85. The molecule has 0 radical (unpaired) electrons. The van der Waals surface area contributed by atoms with Gasteiger partial charge in [-0.05, 0) is 30.4 Å². The molecule has 0 bridgehead atoms. The molecule has 3 rings (SSSR count). The molecule has 1 heterocycles. The second-order valence-electron chi connectivity index (χ2n) is 7.06. The van der Waals surface area contributed by atoms with Gasteiger partial charge < -0.3 is 15.5 Å². The van der Waals surface area contributed by atoms with Crippen molar-refractivity contribution in [3.63, 3.8) is 0 Å². The predicted molar refractivity (Wildman–Crippen MR) is 106 cm³/mol. The Balaban J connectivity index is 1.63. The van der Waals surface area contributed by atoms with Gasteiger partial charge in [0.15, 0.2) is 0 Å². The summed E-state index contributed by atoms with van der Waals surface area (Å²) in [7, 11) is 0. The van der Waals surface area contributed by atoms with E-state index in [2.05, 4.69) is 34.9 Å². The molecule has 1 saturated heterocycles. The van der Waals surface area contributed by atoms with E-state index in [1.54, 1.807) is 0 Å². The molecule has 0 unspecified atom stereocenters. The highest BCUT2D eigenvalue weighted by molar-refractivity contribution is 5.75. The zero-order valence-electron chi connectivity index (χ0n) is 15.7. The van der Waals surface area contributed by atoms with Crippen LogP contribution in [0.15, 0.2) is 60.7 Å². The van der Waals surface area contributed by atoms with Gasteiger partial charge in [0.2, 0.25) is 5.91 Å². The Bertz CT molecular complexity index is 741. The van der Waals surface area contributed by atoms with Crippen molar-refractivity contribution < 1.29 is 9.59 Å². The molecular formula is C22H27N3O2. The highest BCUT2D eigenvalue weighted by atomic mass is 16.2. The molecular weight excluding hydrogens is 338 g/mol. The summed E-state index contributed by atoms with van der Waals surface area (Å²) in [5, 5.41) is 6.15. The van der Waals surface area contributed by atoms with E-state index in [0.29, 0.717) is 13.1 Å². The Labute approximate surface area is 160 Å². The molecule has 5 nitrogen and oxygen atoms in total.